The van der Waals surface area contributed by atoms with Crippen LogP contribution in [-0.2, 0) is 17.6 Å². The first-order valence-electron chi connectivity index (χ1n) is 14.1. The molecule has 2 aromatic heterocycles. The van der Waals surface area contributed by atoms with Gasteiger partial charge in [0.15, 0.2) is 0 Å². The molecular weight excluding hydrogens is 565 g/mol. The van der Waals surface area contributed by atoms with E-state index in [9.17, 15) is 27.9 Å². The molecule has 43 heavy (non-hydrogen) atoms. The first kappa shape index (κ1) is 31.7. The number of carboxylic acids is 1. The number of aryl methyl sites for hydroxylation is 2. The monoisotopic (exact) mass is 600 g/mol. The molecule has 0 spiro atoms. The summed E-state index contributed by atoms with van der Waals surface area (Å²) >= 11 is 0. The highest BCUT2D eigenvalue weighted by Crippen LogP contribution is 2.39. The lowest BCUT2D eigenvalue weighted by Crippen LogP contribution is -2.42. The smallest absolute Gasteiger partial charge is 0.421 e. The van der Waals surface area contributed by atoms with Crippen molar-refractivity contribution in [3.05, 3.63) is 64.7 Å². The lowest BCUT2D eigenvalue weighted by Gasteiger charge is -2.34. The minimum Gasteiger partial charge on any atom is -0.478 e. The van der Waals surface area contributed by atoms with Crippen LogP contribution in [0.4, 0.5) is 18.9 Å². The summed E-state index contributed by atoms with van der Waals surface area (Å²) in [5.41, 5.74) is -0.493. The molecule has 1 N–H and O–H groups in total. The van der Waals surface area contributed by atoms with Crippen LogP contribution in [0.5, 0.6) is 17.5 Å². The van der Waals surface area contributed by atoms with Gasteiger partial charge in [-0.1, -0.05) is 6.92 Å². The van der Waals surface area contributed by atoms with Gasteiger partial charge in [0, 0.05) is 35.5 Å². The zero-order valence-corrected chi connectivity index (χ0v) is 24.7. The molecule has 12 heteroatoms. The average molecular weight is 601 g/mol. The number of benzene rings is 1. The minimum absolute atomic E-state index is 0.123. The first-order valence-corrected chi connectivity index (χ1v) is 14.1. The SMILES string of the molecule is Cc1cc(OCc2cnc(Oc3ccc(N(C(=O)C4CCC(C)CC4)C(C)C)c(C(=O)O)c3)c(C(F)(F)F)c2)nc(C)n1. The van der Waals surface area contributed by atoms with Crippen molar-refractivity contribution in [3.8, 4) is 17.5 Å². The van der Waals surface area contributed by atoms with Crippen molar-refractivity contribution in [2.45, 2.75) is 79.1 Å². The third kappa shape index (κ3) is 7.79. The highest BCUT2D eigenvalue weighted by molar-refractivity contribution is 6.03. The Morgan fingerprint density at radius 2 is 1.77 bits per heavy atom. The molecule has 3 aromatic rings. The van der Waals surface area contributed by atoms with Crippen LogP contribution >= 0.6 is 0 Å². The molecule has 2 heterocycles. The predicted molar refractivity (Wildman–Crippen MR) is 152 cm³/mol. The van der Waals surface area contributed by atoms with Crippen LogP contribution in [0, 0.1) is 25.7 Å². The third-order valence-corrected chi connectivity index (χ3v) is 7.33. The van der Waals surface area contributed by atoms with E-state index in [1.807, 2.05) is 0 Å². The number of nitrogens with zero attached hydrogens (tertiary/aromatic N) is 4. The summed E-state index contributed by atoms with van der Waals surface area (Å²) in [6, 6.07) is 5.92. The number of rotatable bonds is 9. The van der Waals surface area contributed by atoms with Gasteiger partial charge in [-0.2, -0.15) is 18.2 Å². The van der Waals surface area contributed by atoms with E-state index in [2.05, 4.69) is 21.9 Å². The molecule has 1 fully saturated rings. The number of carbonyl (C=O) groups is 2. The number of anilines is 1. The van der Waals surface area contributed by atoms with Crippen molar-refractivity contribution in [2.75, 3.05) is 4.90 Å². The van der Waals surface area contributed by atoms with Gasteiger partial charge >= 0.3 is 12.1 Å². The van der Waals surface area contributed by atoms with Crippen LogP contribution in [0.2, 0.25) is 0 Å². The van der Waals surface area contributed by atoms with Crippen LogP contribution in [0.3, 0.4) is 0 Å². The minimum atomic E-state index is -4.83. The Kier molecular flexibility index (Phi) is 9.56. The molecule has 0 bridgehead atoms. The zero-order chi connectivity index (χ0) is 31.5. The summed E-state index contributed by atoms with van der Waals surface area (Å²) < 4.78 is 53.2. The second kappa shape index (κ2) is 13.0. The second-order valence-corrected chi connectivity index (χ2v) is 11.2. The fraction of sp³-hybridized carbons (Fsp3) is 0.452. The summed E-state index contributed by atoms with van der Waals surface area (Å²) in [5, 5.41) is 10.0. The Morgan fingerprint density at radius 1 is 1.07 bits per heavy atom. The van der Waals surface area contributed by atoms with Gasteiger partial charge in [-0.05, 0) is 83.6 Å². The highest BCUT2D eigenvalue weighted by Gasteiger charge is 2.37. The van der Waals surface area contributed by atoms with Gasteiger partial charge in [0.05, 0.1) is 11.3 Å². The molecule has 230 valence electrons. The number of ether oxygens (including phenoxy) is 2. The normalized spacial score (nSPS) is 17.0. The van der Waals surface area contributed by atoms with Gasteiger partial charge < -0.3 is 19.5 Å². The Balaban J connectivity index is 1.60. The fourth-order valence-electron chi connectivity index (χ4n) is 5.20. The Morgan fingerprint density at radius 3 is 2.37 bits per heavy atom. The van der Waals surface area contributed by atoms with Crippen molar-refractivity contribution in [2.24, 2.45) is 11.8 Å². The van der Waals surface area contributed by atoms with Gasteiger partial charge in [0.1, 0.15) is 23.7 Å². The summed E-state index contributed by atoms with van der Waals surface area (Å²) in [6.07, 6.45) is -0.368. The molecule has 4 rings (SSSR count). The number of aromatic nitrogens is 3. The van der Waals surface area contributed by atoms with E-state index in [4.69, 9.17) is 9.47 Å². The lowest BCUT2D eigenvalue weighted by molar-refractivity contribution is -0.139. The first-order chi connectivity index (χ1) is 20.2. The Hall–Kier alpha value is -4.22. The molecule has 1 saturated carbocycles. The molecule has 1 aliphatic rings. The number of pyridine rings is 1. The predicted octanol–water partition coefficient (Wildman–Crippen LogP) is 7.14. The maximum Gasteiger partial charge on any atom is 0.421 e. The lowest BCUT2D eigenvalue weighted by atomic mass is 9.82. The molecule has 1 amide bonds. The molecule has 0 saturated heterocycles. The van der Waals surface area contributed by atoms with Gasteiger partial charge in [0.25, 0.3) is 0 Å². The van der Waals surface area contributed by atoms with Crippen molar-refractivity contribution in [3.63, 3.8) is 0 Å². The summed E-state index contributed by atoms with van der Waals surface area (Å²) in [4.78, 5) is 39.4. The molecular formula is C31H35F3N4O5. The van der Waals surface area contributed by atoms with Crippen molar-refractivity contribution >= 4 is 17.6 Å². The Labute approximate surface area is 248 Å². The van der Waals surface area contributed by atoms with Crippen LogP contribution in [0.1, 0.15) is 79.5 Å². The number of hydrogen-bond acceptors (Lipinski definition) is 7. The highest BCUT2D eigenvalue weighted by atomic mass is 19.4. The fourth-order valence-corrected chi connectivity index (χ4v) is 5.20. The van der Waals surface area contributed by atoms with E-state index < -0.39 is 23.6 Å². The average Bonchev–Trinajstić information content (AvgIpc) is 2.92. The van der Waals surface area contributed by atoms with Crippen LogP contribution in [0.15, 0.2) is 36.5 Å². The standard InChI is InChI=1S/C31H35F3N4O5/c1-17(2)38(29(39)22-8-6-18(3)7-9-22)26-11-10-23(14-24(26)30(40)41)43-28-25(31(32,33)34)13-21(15-35-28)16-42-27-12-19(4)36-20(5)37-27/h10-15,17-18,22H,6-9,16H2,1-5H3,(H,40,41). The molecule has 0 aliphatic heterocycles. The van der Waals surface area contributed by atoms with E-state index in [1.165, 1.54) is 23.2 Å². The molecule has 0 radical (unpaired) electrons. The van der Waals surface area contributed by atoms with E-state index in [1.54, 1.807) is 33.8 Å². The van der Waals surface area contributed by atoms with E-state index in [-0.39, 0.29) is 52.9 Å². The Bertz CT molecular complexity index is 1470. The molecule has 1 aromatic carbocycles. The number of carbonyl (C=O) groups excluding carboxylic acids is 1. The summed E-state index contributed by atoms with van der Waals surface area (Å²) in [6.45, 7) is 8.91. The molecule has 0 atom stereocenters. The van der Waals surface area contributed by atoms with Crippen LogP contribution in [-0.4, -0.2) is 38.0 Å². The van der Waals surface area contributed by atoms with Crippen molar-refractivity contribution in [1.82, 2.24) is 15.0 Å². The van der Waals surface area contributed by atoms with E-state index >= 15 is 0 Å². The maximum absolute atomic E-state index is 14.0. The number of alkyl halides is 3. The second-order valence-electron chi connectivity index (χ2n) is 11.2. The quantitative estimate of drug-likeness (QED) is 0.276. The van der Waals surface area contributed by atoms with E-state index in [0.29, 0.717) is 17.4 Å². The number of halogens is 3. The van der Waals surface area contributed by atoms with Gasteiger partial charge in [-0.15, -0.1) is 0 Å². The van der Waals surface area contributed by atoms with Gasteiger partial charge in [-0.3, -0.25) is 4.79 Å². The topological polar surface area (TPSA) is 115 Å². The summed E-state index contributed by atoms with van der Waals surface area (Å²) in [7, 11) is 0. The maximum atomic E-state index is 14.0. The third-order valence-electron chi connectivity index (χ3n) is 7.33. The van der Waals surface area contributed by atoms with Crippen LogP contribution in [0.25, 0.3) is 0 Å². The molecule has 9 nitrogen and oxygen atoms in total. The van der Waals surface area contributed by atoms with Crippen molar-refractivity contribution < 1.29 is 37.3 Å². The number of amides is 1. The van der Waals surface area contributed by atoms with Gasteiger partial charge in [0.2, 0.25) is 17.7 Å². The van der Waals surface area contributed by atoms with E-state index in [0.717, 1.165) is 37.8 Å². The van der Waals surface area contributed by atoms with Gasteiger partial charge in [-0.25, -0.2) is 14.8 Å². The zero-order valence-electron chi connectivity index (χ0n) is 24.7. The number of aromatic carboxylic acids is 1. The number of carboxylic acid groups (broad SMARTS) is 1. The largest absolute Gasteiger partial charge is 0.478 e. The van der Waals surface area contributed by atoms with Crippen LogP contribution < -0.4 is 14.4 Å². The molecule has 1 aliphatic carbocycles. The summed E-state index contributed by atoms with van der Waals surface area (Å²) in [5.74, 6) is -1.44. The van der Waals surface area contributed by atoms with Crippen molar-refractivity contribution in [1.29, 1.82) is 0 Å². The molecule has 0 unspecified atom stereocenters. The number of hydrogen-bond donors (Lipinski definition) is 1.